The molecule has 0 amide bonds. The van der Waals surface area contributed by atoms with Crippen molar-refractivity contribution in [3.63, 3.8) is 0 Å². The summed E-state index contributed by atoms with van der Waals surface area (Å²) in [6, 6.07) is 7.43. The summed E-state index contributed by atoms with van der Waals surface area (Å²) in [5.74, 6) is 0.984. The van der Waals surface area contributed by atoms with Crippen molar-refractivity contribution in [1.82, 2.24) is 9.78 Å². The van der Waals surface area contributed by atoms with Crippen molar-refractivity contribution in [2.75, 3.05) is 19.0 Å². The molecule has 2 rings (SSSR count). The number of methoxy groups -OCH3 is 1. The van der Waals surface area contributed by atoms with Gasteiger partial charge in [0.2, 0.25) is 0 Å². The van der Waals surface area contributed by atoms with Gasteiger partial charge in [-0.05, 0) is 44.5 Å². The molecule has 124 valence electrons. The molecule has 0 fully saturated rings. The van der Waals surface area contributed by atoms with Gasteiger partial charge in [0.15, 0.2) is 5.96 Å². The number of ether oxygens (including phenoxy) is 1. The number of aliphatic imine (C=N–C) groups is 1. The Morgan fingerprint density at radius 1 is 1.39 bits per heavy atom. The summed E-state index contributed by atoms with van der Waals surface area (Å²) in [4.78, 5) is 4.31. The fourth-order valence-corrected chi connectivity index (χ4v) is 2.51. The molecule has 0 spiro atoms. The minimum Gasteiger partial charge on any atom is -0.495 e. The molecular formula is C16H22ClN5O. The molecule has 2 aromatic rings. The molecule has 0 aliphatic rings. The molecule has 0 radical (unpaired) electrons. The minimum absolute atomic E-state index is 0.361. The van der Waals surface area contributed by atoms with E-state index >= 15 is 0 Å². The second-order valence-electron chi connectivity index (χ2n) is 5.25. The highest BCUT2D eigenvalue weighted by Gasteiger charge is 2.03. The van der Waals surface area contributed by atoms with E-state index in [0.29, 0.717) is 23.3 Å². The van der Waals surface area contributed by atoms with E-state index in [2.05, 4.69) is 21.5 Å². The van der Waals surface area contributed by atoms with Crippen LogP contribution in [0.2, 0.25) is 5.02 Å². The van der Waals surface area contributed by atoms with E-state index in [9.17, 15) is 0 Å². The lowest BCUT2D eigenvalue weighted by molar-refractivity contribution is 0.415. The molecule has 0 unspecified atom stereocenters. The number of aromatic nitrogens is 2. The van der Waals surface area contributed by atoms with Crippen LogP contribution in [0.5, 0.6) is 5.75 Å². The van der Waals surface area contributed by atoms with Crippen molar-refractivity contribution in [1.29, 1.82) is 0 Å². The van der Waals surface area contributed by atoms with Crippen LogP contribution in [-0.4, -0.2) is 29.4 Å². The van der Waals surface area contributed by atoms with Crippen LogP contribution in [0.3, 0.4) is 0 Å². The Hall–Kier alpha value is -2.21. The summed E-state index contributed by atoms with van der Waals surface area (Å²) in [6.07, 6.45) is 0.869. The largest absolute Gasteiger partial charge is 0.495 e. The number of halogens is 1. The van der Waals surface area contributed by atoms with Crippen molar-refractivity contribution in [2.24, 2.45) is 10.7 Å². The summed E-state index contributed by atoms with van der Waals surface area (Å²) in [7, 11) is 1.58. The van der Waals surface area contributed by atoms with Crippen LogP contribution in [0.15, 0.2) is 29.3 Å². The highest BCUT2D eigenvalue weighted by atomic mass is 35.5. The van der Waals surface area contributed by atoms with Gasteiger partial charge in [-0.25, -0.2) is 0 Å². The van der Waals surface area contributed by atoms with Gasteiger partial charge in [0.1, 0.15) is 5.75 Å². The minimum atomic E-state index is 0.361. The lowest BCUT2D eigenvalue weighted by Gasteiger charge is -2.08. The molecule has 0 saturated carbocycles. The maximum absolute atomic E-state index is 6.07. The van der Waals surface area contributed by atoms with Crippen molar-refractivity contribution in [3.8, 4) is 5.75 Å². The van der Waals surface area contributed by atoms with E-state index < -0.39 is 0 Å². The van der Waals surface area contributed by atoms with Gasteiger partial charge < -0.3 is 15.8 Å². The van der Waals surface area contributed by atoms with Crippen LogP contribution < -0.4 is 15.8 Å². The topological polar surface area (TPSA) is 77.5 Å². The Kier molecular flexibility index (Phi) is 5.87. The first kappa shape index (κ1) is 17.1. The first-order valence-corrected chi connectivity index (χ1v) is 7.79. The number of nitrogens with zero attached hydrogens (tertiary/aromatic N) is 3. The molecule has 0 saturated heterocycles. The second-order valence-corrected chi connectivity index (χ2v) is 5.65. The summed E-state index contributed by atoms with van der Waals surface area (Å²) in [5, 5.41) is 7.95. The van der Waals surface area contributed by atoms with E-state index in [0.717, 1.165) is 30.0 Å². The highest BCUT2D eigenvalue weighted by Crippen LogP contribution is 2.26. The third-order valence-corrected chi connectivity index (χ3v) is 3.63. The molecule has 1 heterocycles. The zero-order chi connectivity index (χ0) is 16.8. The second kappa shape index (κ2) is 7.87. The van der Waals surface area contributed by atoms with Gasteiger partial charge in [0, 0.05) is 24.5 Å². The van der Waals surface area contributed by atoms with Crippen LogP contribution in [-0.2, 0) is 6.54 Å². The summed E-state index contributed by atoms with van der Waals surface area (Å²) in [5.41, 5.74) is 8.84. The SMILES string of the molecule is COc1ccc(NC(N)=NCCCn2nc(C)cc2C)cc1Cl. The fourth-order valence-electron chi connectivity index (χ4n) is 2.25. The lowest BCUT2D eigenvalue weighted by atomic mass is 10.3. The van der Waals surface area contributed by atoms with Gasteiger partial charge in [-0.3, -0.25) is 9.67 Å². The Labute approximate surface area is 141 Å². The standard InChI is InChI=1S/C16H22ClN5O/c1-11-9-12(2)22(21-11)8-4-7-19-16(18)20-13-5-6-15(23-3)14(17)10-13/h5-6,9-10H,4,7-8H2,1-3H3,(H3,18,19,20). The van der Waals surface area contributed by atoms with E-state index in [1.807, 2.05) is 24.6 Å². The number of nitrogens with one attached hydrogen (secondary N) is 1. The van der Waals surface area contributed by atoms with Crippen molar-refractivity contribution < 1.29 is 4.74 Å². The molecule has 1 aromatic heterocycles. The third-order valence-electron chi connectivity index (χ3n) is 3.34. The molecule has 3 N–H and O–H groups in total. The van der Waals surface area contributed by atoms with Crippen LogP contribution in [0.25, 0.3) is 0 Å². The maximum atomic E-state index is 6.07. The van der Waals surface area contributed by atoms with Crippen LogP contribution in [0.1, 0.15) is 17.8 Å². The number of benzene rings is 1. The Balaban J connectivity index is 1.83. The molecule has 6 nitrogen and oxygen atoms in total. The van der Waals surface area contributed by atoms with E-state index in [1.54, 1.807) is 19.2 Å². The highest BCUT2D eigenvalue weighted by molar-refractivity contribution is 6.32. The summed E-state index contributed by atoms with van der Waals surface area (Å²) < 4.78 is 7.09. The Morgan fingerprint density at radius 3 is 2.78 bits per heavy atom. The predicted octanol–water partition coefficient (Wildman–Crippen LogP) is 2.98. The number of hydrogen-bond acceptors (Lipinski definition) is 3. The molecule has 0 bridgehead atoms. The van der Waals surface area contributed by atoms with Crippen molar-refractivity contribution in [2.45, 2.75) is 26.8 Å². The van der Waals surface area contributed by atoms with Crippen LogP contribution in [0, 0.1) is 13.8 Å². The number of nitrogens with two attached hydrogens (primary N) is 1. The van der Waals surface area contributed by atoms with E-state index in [-0.39, 0.29) is 0 Å². The monoisotopic (exact) mass is 335 g/mol. The number of hydrogen-bond donors (Lipinski definition) is 2. The number of rotatable bonds is 6. The van der Waals surface area contributed by atoms with Gasteiger partial charge in [-0.2, -0.15) is 5.10 Å². The Morgan fingerprint density at radius 2 is 2.17 bits per heavy atom. The van der Waals surface area contributed by atoms with Gasteiger partial charge >= 0.3 is 0 Å². The van der Waals surface area contributed by atoms with Gasteiger partial charge in [0.05, 0.1) is 17.8 Å². The average molecular weight is 336 g/mol. The Bertz CT molecular complexity index is 696. The molecule has 0 atom stereocenters. The lowest BCUT2D eigenvalue weighted by Crippen LogP contribution is -2.23. The van der Waals surface area contributed by atoms with Crippen molar-refractivity contribution >= 4 is 23.2 Å². The predicted molar refractivity (Wildman–Crippen MR) is 94.4 cm³/mol. The molecule has 7 heteroatoms. The maximum Gasteiger partial charge on any atom is 0.193 e. The third kappa shape index (κ3) is 4.89. The van der Waals surface area contributed by atoms with Crippen molar-refractivity contribution in [3.05, 3.63) is 40.7 Å². The fraction of sp³-hybridized carbons (Fsp3) is 0.375. The van der Waals surface area contributed by atoms with Crippen LogP contribution in [0.4, 0.5) is 5.69 Å². The molecule has 0 aliphatic carbocycles. The van der Waals surface area contributed by atoms with Gasteiger partial charge in [-0.1, -0.05) is 11.6 Å². The number of anilines is 1. The molecular weight excluding hydrogens is 314 g/mol. The van der Waals surface area contributed by atoms with E-state index in [1.165, 1.54) is 0 Å². The van der Waals surface area contributed by atoms with Gasteiger partial charge in [0.25, 0.3) is 0 Å². The first-order valence-electron chi connectivity index (χ1n) is 7.41. The smallest absolute Gasteiger partial charge is 0.193 e. The molecule has 23 heavy (non-hydrogen) atoms. The zero-order valence-electron chi connectivity index (χ0n) is 13.6. The van der Waals surface area contributed by atoms with Gasteiger partial charge in [-0.15, -0.1) is 0 Å². The zero-order valence-corrected chi connectivity index (χ0v) is 14.4. The molecule has 1 aromatic carbocycles. The van der Waals surface area contributed by atoms with Crippen LogP contribution >= 0.6 is 11.6 Å². The number of aryl methyl sites for hydroxylation is 3. The average Bonchev–Trinajstić information content (AvgIpc) is 2.82. The normalized spacial score (nSPS) is 11.6. The quantitative estimate of drug-likeness (QED) is 0.483. The summed E-state index contributed by atoms with van der Waals surface area (Å²) >= 11 is 6.07. The number of guanidine groups is 1. The molecule has 0 aliphatic heterocycles. The first-order chi connectivity index (χ1) is 11.0. The van der Waals surface area contributed by atoms with E-state index in [4.69, 9.17) is 22.1 Å². The summed E-state index contributed by atoms with van der Waals surface area (Å²) in [6.45, 7) is 5.49.